The average molecular weight is 333 g/mol. The van der Waals surface area contributed by atoms with Crippen molar-refractivity contribution in [3.63, 3.8) is 0 Å². The number of rotatable bonds is 8. The van der Waals surface area contributed by atoms with Crippen LogP contribution < -0.4 is 10.5 Å². The van der Waals surface area contributed by atoms with Crippen molar-refractivity contribution in [1.82, 2.24) is 9.88 Å². The number of fused-ring (bicyclic) bond motifs is 1. The maximum absolute atomic E-state index is 12.0. The van der Waals surface area contributed by atoms with E-state index in [2.05, 4.69) is 9.88 Å². The van der Waals surface area contributed by atoms with Gasteiger partial charge < -0.3 is 25.5 Å². The Balaban J connectivity index is 2.11. The van der Waals surface area contributed by atoms with Crippen molar-refractivity contribution in [3.05, 3.63) is 30.0 Å². The molecular formula is C17H23N3O4. The van der Waals surface area contributed by atoms with Crippen LogP contribution in [-0.2, 0) is 16.0 Å². The van der Waals surface area contributed by atoms with Crippen LogP contribution in [0.4, 0.5) is 0 Å². The second kappa shape index (κ2) is 7.94. The summed E-state index contributed by atoms with van der Waals surface area (Å²) in [5.74, 6) is -1.13. The van der Waals surface area contributed by atoms with Gasteiger partial charge in [-0.3, -0.25) is 9.59 Å². The van der Waals surface area contributed by atoms with Gasteiger partial charge in [0.15, 0.2) is 0 Å². The first-order chi connectivity index (χ1) is 11.4. The summed E-state index contributed by atoms with van der Waals surface area (Å²) in [4.78, 5) is 28.0. The Labute approximate surface area is 140 Å². The molecule has 0 bridgehead atoms. The number of aliphatic carboxylic acids is 1. The van der Waals surface area contributed by atoms with Gasteiger partial charge in [0.05, 0.1) is 0 Å². The Kier molecular flexibility index (Phi) is 5.94. The summed E-state index contributed by atoms with van der Waals surface area (Å²) in [7, 11) is 4.00. The summed E-state index contributed by atoms with van der Waals surface area (Å²) >= 11 is 0. The standard InChI is InChI=1S/C17H23N3O4/c1-20(2)9-8-11-10-19-13-4-3-5-14(16(11)13)24-15(21)7-6-12(18)17(22)23/h3-5,10,12,19H,6-9,18H2,1-2H3,(H,22,23)/t12-/m0/s1. The normalized spacial score (nSPS) is 12.5. The zero-order valence-electron chi connectivity index (χ0n) is 13.9. The van der Waals surface area contributed by atoms with Crippen molar-refractivity contribution in [2.75, 3.05) is 20.6 Å². The van der Waals surface area contributed by atoms with Gasteiger partial charge in [0, 0.05) is 30.1 Å². The van der Waals surface area contributed by atoms with Gasteiger partial charge >= 0.3 is 11.9 Å². The number of nitrogens with one attached hydrogen (secondary N) is 1. The molecular weight excluding hydrogens is 310 g/mol. The van der Waals surface area contributed by atoms with Crippen LogP contribution in [0.5, 0.6) is 5.75 Å². The van der Waals surface area contributed by atoms with Crippen LogP contribution in [0.2, 0.25) is 0 Å². The van der Waals surface area contributed by atoms with Crippen molar-refractivity contribution < 1.29 is 19.4 Å². The predicted molar refractivity (Wildman–Crippen MR) is 91.0 cm³/mol. The number of aromatic amines is 1. The fourth-order valence-electron chi connectivity index (χ4n) is 2.42. The molecule has 0 unspecified atom stereocenters. The number of ether oxygens (including phenoxy) is 1. The lowest BCUT2D eigenvalue weighted by Crippen LogP contribution is -2.31. The molecule has 7 heteroatoms. The van der Waals surface area contributed by atoms with Crippen LogP contribution in [0.25, 0.3) is 10.9 Å². The Morgan fingerprint density at radius 1 is 1.38 bits per heavy atom. The average Bonchev–Trinajstić information content (AvgIpc) is 2.94. The second-order valence-electron chi connectivity index (χ2n) is 6.00. The van der Waals surface area contributed by atoms with E-state index in [1.54, 1.807) is 12.1 Å². The van der Waals surface area contributed by atoms with Crippen LogP contribution in [0, 0.1) is 0 Å². The SMILES string of the molecule is CN(C)CCc1c[nH]c2cccc(OC(=O)CC[C@H](N)C(=O)O)c12. The Morgan fingerprint density at radius 3 is 2.79 bits per heavy atom. The molecule has 0 amide bonds. The number of benzene rings is 1. The summed E-state index contributed by atoms with van der Waals surface area (Å²) in [5, 5.41) is 9.64. The summed E-state index contributed by atoms with van der Waals surface area (Å²) in [5.41, 5.74) is 7.38. The van der Waals surface area contributed by atoms with E-state index in [9.17, 15) is 9.59 Å². The van der Waals surface area contributed by atoms with Crippen molar-refractivity contribution >= 4 is 22.8 Å². The van der Waals surface area contributed by atoms with E-state index >= 15 is 0 Å². The zero-order chi connectivity index (χ0) is 17.7. The molecule has 0 aliphatic heterocycles. The van der Waals surface area contributed by atoms with Gasteiger partial charge in [-0.2, -0.15) is 0 Å². The van der Waals surface area contributed by atoms with E-state index in [0.29, 0.717) is 5.75 Å². The lowest BCUT2D eigenvalue weighted by atomic mass is 10.1. The molecule has 0 saturated carbocycles. The molecule has 0 spiro atoms. The molecule has 4 N–H and O–H groups in total. The number of nitrogens with two attached hydrogens (primary N) is 1. The number of carboxylic acids is 1. The molecule has 1 aromatic heterocycles. The topological polar surface area (TPSA) is 109 Å². The van der Waals surface area contributed by atoms with Gasteiger partial charge in [-0.1, -0.05) is 6.07 Å². The van der Waals surface area contributed by atoms with E-state index in [1.165, 1.54) is 0 Å². The molecule has 0 fully saturated rings. The number of hydrogen-bond acceptors (Lipinski definition) is 5. The largest absolute Gasteiger partial charge is 0.480 e. The minimum Gasteiger partial charge on any atom is -0.480 e. The zero-order valence-corrected chi connectivity index (χ0v) is 13.9. The molecule has 0 saturated heterocycles. The predicted octanol–water partition coefficient (Wildman–Crippen LogP) is 1.37. The van der Waals surface area contributed by atoms with E-state index in [4.69, 9.17) is 15.6 Å². The molecule has 1 atom stereocenters. The number of carboxylic acid groups (broad SMARTS) is 1. The number of hydrogen-bond donors (Lipinski definition) is 3. The number of carbonyl (C=O) groups excluding carboxylic acids is 1. The summed E-state index contributed by atoms with van der Waals surface area (Å²) in [6.07, 6.45) is 2.75. The first kappa shape index (κ1) is 18.0. The minimum atomic E-state index is -1.12. The summed E-state index contributed by atoms with van der Waals surface area (Å²) in [6, 6.07) is 4.41. The number of esters is 1. The fourth-order valence-corrected chi connectivity index (χ4v) is 2.42. The van der Waals surface area contributed by atoms with Gasteiger partial charge in [0.2, 0.25) is 0 Å². The molecule has 24 heavy (non-hydrogen) atoms. The van der Waals surface area contributed by atoms with E-state index in [-0.39, 0.29) is 12.8 Å². The second-order valence-corrected chi connectivity index (χ2v) is 6.00. The highest BCUT2D eigenvalue weighted by atomic mass is 16.5. The quantitative estimate of drug-likeness (QED) is 0.497. The van der Waals surface area contributed by atoms with Crippen LogP contribution in [0.15, 0.2) is 24.4 Å². The molecule has 1 heterocycles. The number of likely N-dealkylation sites (N-methyl/N-ethyl adjacent to an activating group) is 1. The van der Waals surface area contributed by atoms with Crippen molar-refractivity contribution in [1.29, 1.82) is 0 Å². The molecule has 7 nitrogen and oxygen atoms in total. The van der Waals surface area contributed by atoms with Crippen LogP contribution >= 0.6 is 0 Å². The highest BCUT2D eigenvalue weighted by Crippen LogP contribution is 2.29. The summed E-state index contributed by atoms with van der Waals surface area (Å²) in [6.45, 7) is 0.878. The third-order valence-corrected chi connectivity index (χ3v) is 3.78. The first-order valence-electron chi connectivity index (χ1n) is 7.81. The third kappa shape index (κ3) is 4.56. The molecule has 0 aliphatic carbocycles. The van der Waals surface area contributed by atoms with Gasteiger partial charge in [0.25, 0.3) is 0 Å². The fraction of sp³-hybridized carbons (Fsp3) is 0.412. The van der Waals surface area contributed by atoms with E-state index in [1.807, 2.05) is 26.4 Å². The molecule has 2 aromatic rings. The highest BCUT2D eigenvalue weighted by molar-refractivity contribution is 5.91. The molecule has 1 aromatic carbocycles. The lowest BCUT2D eigenvalue weighted by molar-refractivity contribution is -0.139. The first-order valence-corrected chi connectivity index (χ1v) is 7.81. The summed E-state index contributed by atoms with van der Waals surface area (Å²) < 4.78 is 5.44. The maximum atomic E-state index is 12.0. The number of carbonyl (C=O) groups is 2. The van der Waals surface area contributed by atoms with Crippen molar-refractivity contribution in [3.8, 4) is 5.75 Å². The number of aromatic nitrogens is 1. The van der Waals surface area contributed by atoms with E-state index in [0.717, 1.165) is 29.4 Å². The number of nitrogens with zero attached hydrogens (tertiary/aromatic N) is 1. The van der Waals surface area contributed by atoms with Crippen LogP contribution in [0.3, 0.4) is 0 Å². The van der Waals surface area contributed by atoms with E-state index < -0.39 is 18.0 Å². The van der Waals surface area contributed by atoms with Gasteiger partial charge in [-0.05, 0) is 44.6 Å². The Bertz CT molecular complexity index is 724. The van der Waals surface area contributed by atoms with Crippen LogP contribution in [-0.4, -0.2) is 53.6 Å². The van der Waals surface area contributed by atoms with Crippen molar-refractivity contribution in [2.24, 2.45) is 5.73 Å². The van der Waals surface area contributed by atoms with Gasteiger partial charge in [0.1, 0.15) is 11.8 Å². The van der Waals surface area contributed by atoms with Crippen LogP contribution in [0.1, 0.15) is 18.4 Å². The van der Waals surface area contributed by atoms with Crippen molar-refractivity contribution in [2.45, 2.75) is 25.3 Å². The monoisotopic (exact) mass is 333 g/mol. The molecule has 0 radical (unpaired) electrons. The Hall–Kier alpha value is -2.38. The molecule has 0 aliphatic rings. The third-order valence-electron chi connectivity index (χ3n) is 3.78. The minimum absolute atomic E-state index is 0.0404. The lowest BCUT2D eigenvalue weighted by Gasteiger charge is -2.11. The molecule has 2 rings (SSSR count). The number of H-pyrrole nitrogens is 1. The molecule has 130 valence electrons. The van der Waals surface area contributed by atoms with Gasteiger partial charge in [-0.25, -0.2) is 0 Å². The smallest absolute Gasteiger partial charge is 0.320 e. The van der Waals surface area contributed by atoms with Gasteiger partial charge in [-0.15, -0.1) is 0 Å². The highest BCUT2D eigenvalue weighted by Gasteiger charge is 2.16. The maximum Gasteiger partial charge on any atom is 0.320 e. The Morgan fingerprint density at radius 2 is 2.12 bits per heavy atom.